The van der Waals surface area contributed by atoms with Crippen LogP contribution in [0.4, 0.5) is 32.3 Å². The molecule has 0 saturated carbocycles. The summed E-state index contributed by atoms with van der Waals surface area (Å²) in [6, 6.07) is 3.92. The highest BCUT2D eigenvalue weighted by molar-refractivity contribution is 5.83. The Labute approximate surface area is 154 Å². The lowest BCUT2D eigenvalue weighted by Gasteiger charge is -2.16. The zero-order valence-corrected chi connectivity index (χ0v) is 14.2. The third kappa shape index (κ3) is 3.78. The van der Waals surface area contributed by atoms with E-state index in [-0.39, 0.29) is 41.2 Å². The van der Waals surface area contributed by atoms with E-state index in [1.165, 1.54) is 12.1 Å². The van der Waals surface area contributed by atoms with E-state index in [0.29, 0.717) is 6.07 Å². The van der Waals surface area contributed by atoms with Gasteiger partial charge in [0.2, 0.25) is 11.8 Å². The molecule has 148 valence electrons. The van der Waals surface area contributed by atoms with Crippen molar-refractivity contribution in [3.63, 3.8) is 0 Å². The van der Waals surface area contributed by atoms with Gasteiger partial charge in [0.25, 0.3) is 0 Å². The number of fused-ring (bicyclic) bond motifs is 1. The molecule has 0 aliphatic rings. The number of anilines is 1. The maximum atomic E-state index is 13.4. The quantitative estimate of drug-likeness (QED) is 0.643. The molecule has 2 N–H and O–H groups in total. The van der Waals surface area contributed by atoms with Gasteiger partial charge >= 0.3 is 12.4 Å². The number of nitrogens with two attached hydrogens (primary N) is 1. The van der Waals surface area contributed by atoms with Gasteiger partial charge in [-0.2, -0.15) is 31.3 Å². The highest BCUT2D eigenvalue weighted by Crippen LogP contribution is 2.41. The predicted molar refractivity (Wildman–Crippen MR) is 88.4 cm³/mol. The minimum atomic E-state index is -5.02. The van der Waals surface area contributed by atoms with Gasteiger partial charge in [0.05, 0.1) is 28.9 Å². The lowest BCUT2D eigenvalue weighted by atomic mass is 10.00. The minimum absolute atomic E-state index is 0.0349. The summed E-state index contributed by atoms with van der Waals surface area (Å²) in [5.74, 6) is -0.150. The van der Waals surface area contributed by atoms with Gasteiger partial charge in [0, 0.05) is 5.56 Å². The molecule has 0 spiro atoms. The maximum Gasteiger partial charge on any atom is 0.417 e. The van der Waals surface area contributed by atoms with E-state index in [9.17, 15) is 26.3 Å². The Balaban J connectivity index is 2.24. The molecular formula is C17H12F6N4O. The Hall–Kier alpha value is -3.11. The topological polar surface area (TPSA) is 73.9 Å². The highest BCUT2D eigenvalue weighted by Gasteiger charge is 2.38. The smallest absolute Gasteiger partial charge is 0.417 e. The van der Waals surface area contributed by atoms with E-state index in [1.54, 1.807) is 6.92 Å². The summed E-state index contributed by atoms with van der Waals surface area (Å²) in [4.78, 5) is 11.9. The largest absolute Gasteiger partial charge is 0.476 e. The molecule has 3 aromatic rings. The Morgan fingerprint density at radius 3 is 2.25 bits per heavy atom. The number of halogens is 6. The first kappa shape index (κ1) is 19.6. The zero-order valence-electron chi connectivity index (χ0n) is 14.2. The number of alkyl halides is 6. The molecule has 2 heterocycles. The van der Waals surface area contributed by atoms with Crippen molar-refractivity contribution in [1.82, 2.24) is 15.0 Å². The van der Waals surface area contributed by atoms with Crippen LogP contribution in [-0.2, 0) is 12.4 Å². The van der Waals surface area contributed by atoms with E-state index < -0.39 is 29.0 Å². The molecular weight excluding hydrogens is 390 g/mol. The number of hydrogen-bond donors (Lipinski definition) is 1. The van der Waals surface area contributed by atoms with Gasteiger partial charge in [-0.3, -0.25) is 0 Å². The van der Waals surface area contributed by atoms with Crippen molar-refractivity contribution in [2.24, 2.45) is 0 Å². The summed E-state index contributed by atoms with van der Waals surface area (Å²) in [6.07, 6.45) is -9.93. The number of benzene rings is 1. The molecule has 0 aliphatic heterocycles. The molecule has 0 aliphatic carbocycles. The number of nitrogen functional groups attached to an aromatic ring is 1. The minimum Gasteiger partial charge on any atom is -0.476 e. The second kappa shape index (κ2) is 6.80. The van der Waals surface area contributed by atoms with Crippen LogP contribution in [0.1, 0.15) is 18.1 Å². The van der Waals surface area contributed by atoms with Crippen molar-refractivity contribution in [3.05, 3.63) is 41.5 Å². The summed E-state index contributed by atoms with van der Waals surface area (Å²) in [7, 11) is 0. The second-order valence-electron chi connectivity index (χ2n) is 5.64. The Bertz CT molecular complexity index is 1030. The van der Waals surface area contributed by atoms with Gasteiger partial charge in [-0.05, 0) is 31.2 Å². The monoisotopic (exact) mass is 402 g/mol. The third-order valence-electron chi connectivity index (χ3n) is 3.74. The van der Waals surface area contributed by atoms with Crippen molar-refractivity contribution in [2.45, 2.75) is 19.3 Å². The molecule has 28 heavy (non-hydrogen) atoms. The van der Waals surface area contributed by atoms with E-state index >= 15 is 0 Å². The van der Waals surface area contributed by atoms with Gasteiger partial charge in [-0.15, -0.1) is 0 Å². The van der Waals surface area contributed by atoms with E-state index in [4.69, 9.17) is 10.5 Å². The van der Waals surface area contributed by atoms with Crippen molar-refractivity contribution >= 4 is 17.0 Å². The Morgan fingerprint density at radius 1 is 0.929 bits per heavy atom. The molecule has 0 fully saturated rings. The summed E-state index contributed by atoms with van der Waals surface area (Å²) in [5.41, 5.74) is 2.24. The number of rotatable bonds is 3. The second-order valence-corrected chi connectivity index (χ2v) is 5.64. The summed E-state index contributed by atoms with van der Waals surface area (Å²) in [6.45, 7) is 1.84. The van der Waals surface area contributed by atoms with Gasteiger partial charge < -0.3 is 10.5 Å². The first-order valence-corrected chi connectivity index (χ1v) is 7.86. The standard InChI is InChI=1S/C17H12F6N4O/c1-2-28-14-13-12(26-15(24)27-14)6-5-11(25-13)9-4-3-8(16(18,19)20)7-10(9)17(21,22)23/h3-7H,2H2,1H3,(H2,24,26,27). The molecule has 2 aromatic heterocycles. The number of nitrogens with zero attached hydrogens (tertiary/aromatic N) is 3. The third-order valence-corrected chi connectivity index (χ3v) is 3.74. The molecule has 0 radical (unpaired) electrons. The van der Waals surface area contributed by atoms with Crippen LogP contribution in [0.25, 0.3) is 22.3 Å². The molecule has 3 rings (SSSR count). The van der Waals surface area contributed by atoms with Crippen molar-refractivity contribution < 1.29 is 31.1 Å². The molecule has 0 amide bonds. The van der Waals surface area contributed by atoms with Crippen LogP contribution in [-0.4, -0.2) is 21.6 Å². The number of pyridine rings is 1. The lowest BCUT2D eigenvalue weighted by molar-refractivity contribution is -0.142. The number of aromatic nitrogens is 3. The van der Waals surface area contributed by atoms with Crippen molar-refractivity contribution in [2.75, 3.05) is 12.3 Å². The van der Waals surface area contributed by atoms with Crippen LogP contribution >= 0.6 is 0 Å². The average molecular weight is 402 g/mol. The first-order valence-electron chi connectivity index (χ1n) is 7.86. The average Bonchev–Trinajstić information content (AvgIpc) is 2.59. The number of hydrogen-bond acceptors (Lipinski definition) is 5. The lowest BCUT2D eigenvalue weighted by Crippen LogP contribution is -2.12. The predicted octanol–water partition coefficient (Wildman–Crippen LogP) is 4.71. The normalized spacial score (nSPS) is 12.4. The fraction of sp³-hybridized carbons (Fsp3) is 0.235. The molecule has 1 aromatic carbocycles. The van der Waals surface area contributed by atoms with E-state index in [2.05, 4.69) is 15.0 Å². The van der Waals surface area contributed by atoms with Crippen LogP contribution < -0.4 is 10.5 Å². The van der Waals surface area contributed by atoms with Gasteiger partial charge in [0.1, 0.15) is 0 Å². The SMILES string of the molecule is CCOc1nc(N)nc2ccc(-c3ccc(C(F)(F)F)cc3C(F)(F)F)nc12. The van der Waals surface area contributed by atoms with Crippen molar-refractivity contribution in [1.29, 1.82) is 0 Å². The number of ether oxygens (including phenoxy) is 1. The Morgan fingerprint density at radius 2 is 1.64 bits per heavy atom. The summed E-state index contributed by atoms with van der Waals surface area (Å²) < 4.78 is 84.1. The molecule has 5 nitrogen and oxygen atoms in total. The van der Waals surface area contributed by atoms with Gasteiger partial charge in [0.15, 0.2) is 5.52 Å². The molecule has 0 atom stereocenters. The van der Waals surface area contributed by atoms with Crippen LogP contribution in [0.15, 0.2) is 30.3 Å². The van der Waals surface area contributed by atoms with Crippen LogP contribution in [0.5, 0.6) is 5.88 Å². The van der Waals surface area contributed by atoms with Crippen molar-refractivity contribution in [3.8, 4) is 17.1 Å². The van der Waals surface area contributed by atoms with Crippen LogP contribution in [0, 0.1) is 0 Å². The van der Waals surface area contributed by atoms with Crippen LogP contribution in [0.3, 0.4) is 0 Å². The molecule has 0 unspecified atom stereocenters. The summed E-state index contributed by atoms with van der Waals surface area (Å²) >= 11 is 0. The van der Waals surface area contributed by atoms with Crippen LogP contribution in [0.2, 0.25) is 0 Å². The Kier molecular flexibility index (Phi) is 4.77. The maximum absolute atomic E-state index is 13.4. The van der Waals surface area contributed by atoms with Gasteiger partial charge in [-0.25, -0.2) is 9.97 Å². The fourth-order valence-electron chi connectivity index (χ4n) is 2.57. The fourth-order valence-corrected chi connectivity index (χ4v) is 2.57. The molecule has 0 saturated heterocycles. The van der Waals surface area contributed by atoms with E-state index in [1.807, 2.05) is 0 Å². The van der Waals surface area contributed by atoms with E-state index in [0.717, 1.165) is 6.07 Å². The zero-order chi connectivity index (χ0) is 20.7. The first-order chi connectivity index (χ1) is 13.0. The molecule has 11 heteroatoms. The molecule has 0 bridgehead atoms. The highest BCUT2D eigenvalue weighted by atomic mass is 19.4. The summed E-state index contributed by atoms with van der Waals surface area (Å²) in [5, 5.41) is 0. The van der Waals surface area contributed by atoms with Gasteiger partial charge in [-0.1, -0.05) is 6.07 Å².